The zero-order valence-electron chi connectivity index (χ0n) is 15.9. The molecular weight excluding hydrogens is 342 g/mol. The van der Waals surface area contributed by atoms with Gasteiger partial charge in [-0.05, 0) is 37.0 Å². The number of carbonyl (C=O) groups is 2. The molecule has 1 aromatic rings. The molecule has 0 radical (unpaired) electrons. The lowest BCUT2D eigenvalue weighted by atomic mass is 9.93. The number of guanidine groups is 1. The Morgan fingerprint density at radius 1 is 1.30 bits per heavy atom. The van der Waals surface area contributed by atoms with Crippen LogP contribution in [0.25, 0.3) is 0 Å². The fourth-order valence-electron chi connectivity index (χ4n) is 3.10. The van der Waals surface area contributed by atoms with Crippen molar-refractivity contribution in [3.63, 3.8) is 0 Å². The van der Waals surface area contributed by atoms with Crippen molar-refractivity contribution in [2.75, 3.05) is 39.0 Å². The molecule has 1 aromatic carbocycles. The van der Waals surface area contributed by atoms with Crippen LogP contribution < -0.4 is 16.0 Å². The van der Waals surface area contributed by atoms with E-state index < -0.39 is 0 Å². The van der Waals surface area contributed by atoms with Crippen LogP contribution >= 0.6 is 0 Å². The van der Waals surface area contributed by atoms with Gasteiger partial charge in [0, 0.05) is 44.9 Å². The molecule has 144 valence electrons. The maximum Gasteiger partial charge on any atom is 0.243 e. The fourth-order valence-corrected chi connectivity index (χ4v) is 3.10. The van der Waals surface area contributed by atoms with Gasteiger partial charge in [-0.3, -0.25) is 14.6 Å². The smallest absolute Gasteiger partial charge is 0.243 e. The number of amides is 2. The number of rotatable bonds is 5. The summed E-state index contributed by atoms with van der Waals surface area (Å²) in [6.45, 7) is 1.74. The lowest BCUT2D eigenvalue weighted by Gasteiger charge is -2.33. The number of anilines is 1. The van der Waals surface area contributed by atoms with Crippen molar-refractivity contribution in [3.05, 3.63) is 29.8 Å². The van der Waals surface area contributed by atoms with Crippen molar-refractivity contribution in [1.82, 2.24) is 15.5 Å². The summed E-state index contributed by atoms with van der Waals surface area (Å²) in [7, 11) is 3.37. The molecule has 0 spiro atoms. The Kier molecular flexibility index (Phi) is 7.68. The molecule has 1 fully saturated rings. The standard InChI is InChI=1S/C20H27N5O2/c1-4-15-6-5-7-17(12-15)24-19(27)14-23-20(22-3)25-10-8-16(9-11-25)13-18(26)21-2/h1,5-7,12,16H,8-11,13-14H2,2-3H3,(H,21,26)(H,22,23)(H,24,27). The van der Waals surface area contributed by atoms with Crippen LogP contribution in [0.1, 0.15) is 24.8 Å². The molecule has 0 aromatic heterocycles. The molecule has 7 heteroatoms. The highest BCUT2D eigenvalue weighted by atomic mass is 16.2. The second-order valence-corrected chi connectivity index (χ2v) is 6.48. The van der Waals surface area contributed by atoms with Crippen LogP contribution in [0.3, 0.4) is 0 Å². The van der Waals surface area contributed by atoms with Crippen molar-refractivity contribution in [2.45, 2.75) is 19.3 Å². The topological polar surface area (TPSA) is 85.8 Å². The lowest BCUT2D eigenvalue weighted by Crippen LogP contribution is -2.47. The van der Waals surface area contributed by atoms with Crippen molar-refractivity contribution in [2.24, 2.45) is 10.9 Å². The summed E-state index contributed by atoms with van der Waals surface area (Å²) in [5.74, 6) is 3.55. The van der Waals surface area contributed by atoms with Crippen molar-refractivity contribution < 1.29 is 9.59 Å². The Morgan fingerprint density at radius 2 is 2.04 bits per heavy atom. The van der Waals surface area contributed by atoms with E-state index in [-0.39, 0.29) is 18.4 Å². The number of likely N-dealkylation sites (tertiary alicyclic amines) is 1. The first-order valence-corrected chi connectivity index (χ1v) is 9.08. The monoisotopic (exact) mass is 369 g/mol. The van der Waals surface area contributed by atoms with Gasteiger partial charge in [0.15, 0.2) is 5.96 Å². The molecule has 7 nitrogen and oxygen atoms in total. The molecule has 1 heterocycles. The van der Waals surface area contributed by atoms with E-state index in [2.05, 4.69) is 31.8 Å². The average Bonchev–Trinajstić information content (AvgIpc) is 2.69. The van der Waals surface area contributed by atoms with Gasteiger partial charge < -0.3 is 20.9 Å². The molecule has 27 heavy (non-hydrogen) atoms. The molecule has 0 saturated carbocycles. The number of nitrogens with zero attached hydrogens (tertiary/aromatic N) is 2. The summed E-state index contributed by atoms with van der Waals surface area (Å²) < 4.78 is 0. The summed E-state index contributed by atoms with van der Waals surface area (Å²) in [6.07, 6.45) is 7.80. The zero-order valence-corrected chi connectivity index (χ0v) is 15.9. The highest BCUT2D eigenvalue weighted by Crippen LogP contribution is 2.20. The predicted molar refractivity (Wildman–Crippen MR) is 107 cm³/mol. The summed E-state index contributed by atoms with van der Waals surface area (Å²) in [5.41, 5.74) is 1.39. The number of nitrogens with one attached hydrogen (secondary N) is 3. The van der Waals surface area contributed by atoms with Crippen LogP contribution in [0.15, 0.2) is 29.3 Å². The number of aliphatic imine (C=N–C) groups is 1. The SMILES string of the molecule is C#Cc1cccc(NC(=O)CNC(=NC)N2CCC(CC(=O)NC)CC2)c1. The van der Waals surface area contributed by atoms with Gasteiger partial charge in [0.2, 0.25) is 11.8 Å². The van der Waals surface area contributed by atoms with E-state index in [0.717, 1.165) is 31.5 Å². The molecule has 2 amide bonds. The lowest BCUT2D eigenvalue weighted by molar-refractivity contribution is -0.121. The van der Waals surface area contributed by atoms with E-state index >= 15 is 0 Å². The molecule has 1 aliphatic rings. The number of hydrogen-bond acceptors (Lipinski definition) is 3. The first-order valence-electron chi connectivity index (χ1n) is 9.08. The molecule has 1 saturated heterocycles. The average molecular weight is 369 g/mol. The van der Waals surface area contributed by atoms with Gasteiger partial charge in [0.1, 0.15) is 0 Å². The third-order valence-electron chi connectivity index (χ3n) is 4.60. The summed E-state index contributed by atoms with van der Waals surface area (Å²) in [4.78, 5) is 30.1. The number of piperidine rings is 1. The number of carbonyl (C=O) groups excluding carboxylic acids is 2. The molecular formula is C20H27N5O2. The Bertz CT molecular complexity index is 730. The molecule has 0 atom stereocenters. The van der Waals surface area contributed by atoms with Crippen LogP contribution in [0.4, 0.5) is 5.69 Å². The van der Waals surface area contributed by atoms with Gasteiger partial charge in [-0.25, -0.2) is 0 Å². The Labute approximate surface area is 160 Å². The second-order valence-electron chi connectivity index (χ2n) is 6.48. The van der Waals surface area contributed by atoms with E-state index in [4.69, 9.17) is 6.42 Å². The Hall–Kier alpha value is -3.01. The molecule has 1 aliphatic heterocycles. The zero-order chi connectivity index (χ0) is 19.6. The molecule has 0 bridgehead atoms. The van der Waals surface area contributed by atoms with Gasteiger partial charge in [-0.2, -0.15) is 0 Å². The summed E-state index contributed by atoms with van der Waals surface area (Å²) in [6, 6.07) is 7.17. The molecule has 0 unspecified atom stereocenters. The van der Waals surface area contributed by atoms with E-state index in [0.29, 0.717) is 24.0 Å². The van der Waals surface area contributed by atoms with Gasteiger partial charge in [0.25, 0.3) is 0 Å². The Balaban J connectivity index is 1.79. The summed E-state index contributed by atoms with van der Waals surface area (Å²) in [5, 5.41) is 8.59. The third kappa shape index (κ3) is 6.33. The van der Waals surface area contributed by atoms with E-state index in [9.17, 15) is 9.59 Å². The Morgan fingerprint density at radius 3 is 2.67 bits per heavy atom. The highest BCUT2D eigenvalue weighted by molar-refractivity contribution is 5.95. The second kappa shape index (κ2) is 10.2. The number of benzene rings is 1. The van der Waals surface area contributed by atoms with Crippen molar-refractivity contribution in [3.8, 4) is 12.3 Å². The van der Waals surface area contributed by atoms with Crippen molar-refractivity contribution in [1.29, 1.82) is 0 Å². The van der Waals surface area contributed by atoms with Gasteiger partial charge in [-0.15, -0.1) is 6.42 Å². The van der Waals surface area contributed by atoms with Crippen LogP contribution in [-0.2, 0) is 9.59 Å². The summed E-state index contributed by atoms with van der Waals surface area (Å²) >= 11 is 0. The third-order valence-corrected chi connectivity index (χ3v) is 4.60. The number of terminal acetylenes is 1. The van der Waals surface area contributed by atoms with Crippen LogP contribution in [-0.4, -0.2) is 56.4 Å². The van der Waals surface area contributed by atoms with Crippen molar-refractivity contribution >= 4 is 23.5 Å². The molecule has 2 rings (SSSR count). The van der Waals surface area contributed by atoms with E-state index in [1.807, 2.05) is 6.07 Å². The normalized spacial score (nSPS) is 15.0. The van der Waals surface area contributed by atoms with Gasteiger partial charge in [-0.1, -0.05) is 12.0 Å². The quantitative estimate of drug-likeness (QED) is 0.411. The first kappa shape index (κ1) is 20.3. The minimum absolute atomic E-state index is 0.0848. The van der Waals surface area contributed by atoms with Gasteiger partial charge >= 0.3 is 0 Å². The van der Waals surface area contributed by atoms with Crippen LogP contribution in [0, 0.1) is 18.3 Å². The van der Waals surface area contributed by atoms with E-state index in [1.54, 1.807) is 32.3 Å². The highest BCUT2D eigenvalue weighted by Gasteiger charge is 2.23. The predicted octanol–water partition coefficient (Wildman–Crippen LogP) is 1.03. The maximum atomic E-state index is 12.2. The van der Waals surface area contributed by atoms with Gasteiger partial charge in [0.05, 0.1) is 6.54 Å². The maximum absolute atomic E-state index is 12.2. The first-order chi connectivity index (χ1) is 13.0. The minimum atomic E-state index is -0.167. The minimum Gasteiger partial charge on any atom is -0.359 e. The molecule has 3 N–H and O–H groups in total. The fraction of sp³-hybridized carbons (Fsp3) is 0.450. The molecule has 0 aliphatic carbocycles. The number of hydrogen-bond donors (Lipinski definition) is 3. The van der Waals surface area contributed by atoms with Crippen LogP contribution in [0.5, 0.6) is 0 Å². The van der Waals surface area contributed by atoms with E-state index in [1.165, 1.54) is 0 Å². The largest absolute Gasteiger partial charge is 0.359 e. The van der Waals surface area contributed by atoms with Crippen LogP contribution in [0.2, 0.25) is 0 Å².